The Bertz CT molecular complexity index is 1330. The predicted octanol–water partition coefficient (Wildman–Crippen LogP) is 4.06. The Morgan fingerprint density at radius 1 is 1.02 bits per heavy atom. The van der Waals surface area contributed by atoms with E-state index in [0.29, 0.717) is 12.5 Å². The molecule has 0 radical (unpaired) electrons. The number of hydroxylamine groups is 1. The second kappa shape index (κ2) is 14.3. The fraction of sp³-hybridized carbons (Fsp3) is 0.419. The molecule has 2 aliphatic heterocycles. The number of nitrogens with zero attached hydrogens (tertiary/aromatic N) is 1. The van der Waals surface area contributed by atoms with Gasteiger partial charge in [0, 0.05) is 38.1 Å². The van der Waals surface area contributed by atoms with Crippen LogP contribution >= 0.6 is 0 Å². The van der Waals surface area contributed by atoms with E-state index in [-0.39, 0.29) is 0 Å². The van der Waals surface area contributed by atoms with Crippen molar-refractivity contribution in [2.75, 3.05) is 6.54 Å². The first-order valence-corrected chi connectivity index (χ1v) is 13.8. The maximum atomic E-state index is 15.1. The zero-order valence-electron chi connectivity index (χ0n) is 24.0. The van der Waals surface area contributed by atoms with Crippen molar-refractivity contribution < 1.29 is 37.8 Å². The number of alkyl halides is 1. The van der Waals surface area contributed by atoms with Gasteiger partial charge in [0.25, 0.3) is 5.91 Å². The third-order valence-corrected chi connectivity index (χ3v) is 7.05. The first-order chi connectivity index (χ1) is 20.1. The minimum Gasteiger partial charge on any atom is -0.456 e. The molecule has 1 unspecified atom stereocenters. The van der Waals surface area contributed by atoms with Crippen molar-refractivity contribution in [3.05, 3.63) is 71.3 Å². The number of amides is 1. The van der Waals surface area contributed by atoms with Crippen LogP contribution in [0.5, 0.6) is 0 Å². The Morgan fingerprint density at radius 3 is 2.43 bits per heavy atom. The van der Waals surface area contributed by atoms with Gasteiger partial charge in [0.05, 0.1) is 11.8 Å². The number of aliphatic imine (C=N–C) groups is 1. The highest BCUT2D eigenvalue weighted by atomic mass is 19.1. The molecule has 0 spiro atoms. The number of esters is 2. The van der Waals surface area contributed by atoms with E-state index in [0.717, 1.165) is 49.3 Å². The topological polar surface area (TPSA) is 125 Å². The number of carbonyl (C=O) groups is 3. The van der Waals surface area contributed by atoms with E-state index >= 15 is 4.39 Å². The van der Waals surface area contributed by atoms with Crippen molar-refractivity contribution in [2.45, 2.75) is 77.4 Å². The summed E-state index contributed by atoms with van der Waals surface area (Å²) in [4.78, 5) is 45.0. The maximum Gasteiger partial charge on any atom is 0.303 e. The van der Waals surface area contributed by atoms with Gasteiger partial charge in [-0.25, -0.2) is 14.7 Å². The Morgan fingerprint density at radius 2 is 1.71 bits per heavy atom. The Hall–Kier alpha value is -3.93. The normalized spacial score (nSPS) is 25.0. The average molecular weight is 582 g/mol. The molecule has 0 aromatic heterocycles. The van der Waals surface area contributed by atoms with Crippen molar-refractivity contribution >= 4 is 35.3 Å². The van der Waals surface area contributed by atoms with Gasteiger partial charge in [-0.3, -0.25) is 19.4 Å². The summed E-state index contributed by atoms with van der Waals surface area (Å²) < 4.78 is 30.6. The third-order valence-electron chi connectivity index (χ3n) is 7.05. The van der Waals surface area contributed by atoms with Crippen LogP contribution in [0.25, 0.3) is 6.08 Å². The van der Waals surface area contributed by atoms with Gasteiger partial charge in [-0.1, -0.05) is 42.5 Å². The SMILES string of the molecule is CC(=O)O[C@H]1[C@H](F)[C@H](ONC(=O)/C=C/c2ccc(CNCCC3C(C)=Nc4ccccc43)cc2)O[C@@H](C)[C@H]1OC(C)=O. The van der Waals surface area contributed by atoms with Gasteiger partial charge in [0.1, 0.15) is 0 Å². The lowest BCUT2D eigenvalue weighted by molar-refractivity contribution is -0.296. The van der Waals surface area contributed by atoms with Gasteiger partial charge in [0.2, 0.25) is 6.29 Å². The number of para-hydroxylation sites is 1. The molecule has 0 bridgehead atoms. The molecule has 10 nitrogen and oxygen atoms in total. The standard InChI is InChI=1S/C31H36FN3O7/c1-18-24(25-7-5-6-8-26(25)34-18)15-16-33-17-23-11-9-22(10-12-23)13-14-27(38)35-42-31-28(32)30(41-21(4)37)29(19(2)39-31)40-20(3)36/h5-14,19,24,28-31,33H,15-17H2,1-4H3,(H,35,38)/b14-13+/t19-,24?,28-,29+,30-,31-/m0/s1. The molecule has 2 aromatic carbocycles. The summed E-state index contributed by atoms with van der Waals surface area (Å²) in [6, 6.07) is 16.0. The minimum absolute atomic E-state index is 0.341. The number of fused-ring (bicyclic) bond motifs is 1. The summed E-state index contributed by atoms with van der Waals surface area (Å²) in [5.41, 5.74) is 7.51. The summed E-state index contributed by atoms with van der Waals surface area (Å²) in [7, 11) is 0. The van der Waals surface area contributed by atoms with Crippen molar-refractivity contribution in [1.82, 2.24) is 10.8 Å². The molecule has 11 heteroatoms. The lowest BCUT2D eigenvalue weighted by atomic mass is 9.93. The molecule has 2 aromatic rings. The van der Waals surface area contributed by atoms with Gasteiger partial charge >= 0.3 is 11.9 Å². The predicted molar refractivity (Wildman–Crippen MR) is 153 cm³/mol. The number of benzene rings is 2. The average Bonchev–Trinajstić information content (AvgIpc) is 3.27. The van der Waals surface area contributed by atoms with Crippen molar-refractivity contribution in [1.29, 1.82) is 0 Å². The second-order valence-electron chi connectivity index (χ2n) is 10.3. The van der Waals surface area contributed by atoms with E-state index in [9.17, 15) is 14.4 Å². The van der Waals surface area contributed by atoms with E-state index in [1.165, 1.54) is 18.6 Å². The number of hydrogen-bond acceptors (Lipinski definition) is 9. The number of nitrogens with one attached hydrogen (secondary N) is 2. The van der Waals surface area contributed by atoms with E-state index in [2.05, 4.69) is 40.9 Å². The molecule has 1 saturated heterocycles. The smallest absolute Gasteiger partial charge is 0.303 e. The molecule has 6 atom stereocenters. The van der Waals surface area contributed by atoms with Crippen LogP contribution in [0, 0.1) is 0 Å². The molecule has 224 valence electrons. The molecular weight excluding hydrogens is 545 g/mol. The number of hydrogen-bond donors (Lipinski definition) is 2. The summed E-state index contributed by atoms with van der Waals surface area (Å²) in [6.45, 7) is 7.41. The Labute approximate surface area is 244 Å². The highest BCUT2D eigenvalue weighted by Crippen LogP contribution is 2.36. The van der Waals surface area contributed by atoms with Crippen LogP contribution < -0.4 is 10.8 Å². The summed E-state index contributed by atoms with van der Waals surface area (Å²) in [6.07, 6.45) is -3.31. The zero-order valence-corrected chi connectivity index (χ0v) is 24.0. The van der Waals surface area contributed by atoms with Crippen LogP contribution in [0.15, 0.2) is 59.6 Å². The van der Waals surface area contributed by atoms with Gasteiger partial charge in [-0.15, -0.1) is 0 Å². The van der Waals surface area contributed by atoms with Crippen LogP contribution in [0.2, 0.25) is 0 Å². The lowest BCUT2D eigenvalue weighted by Gasteiger charge is -2.40. The van der Waals surface area contributed by atoms with Crippen LogP contribution in [0.1, 0.15) is 56.7 Å². The van der Waals surface area contributed by atoms with Crippen LogP contribution in [-0.2, 0) is 40.0 Å². The quantitative estimate of drug-likeness (QED) is 0.176. The van der Waals surface area contributed by atoms with Gasteiger partial charge in [-0.2, -0.15) is 0 Å². The molecule has 2 aliphatic rings. The van der Waals surface area contributed by atoms with Crippen molar-refractivity contribution in [3.8, 4) is 0 Å². The van der Waals surface area contributed by atoms with Gasteiger partial charge in [-0.05, 0) is 55.6 Å². The Balaban J connectivity index is 1.21. The number of halogens is 1. The Kier molecular flexibility index (Phi) is 10.6. The van der Waals surface area contributed by atoms with Gasteiger partial charge < -0.3 is 19.5 Å². The van der Waals surface area contributed by atoms with Crippen LogP contribution in [0.3, 0.4) is 0 Å². The second-order valence-corrected chi connectivity index (χ2v) is 10.3. The van der Waals surface area contributed by atoms with Crippen LogP contribution in [0.4, 0.5) is 10.1 Å². The van der Waals surface area contributed by atoms with Crippen molar-refractivity contribution in [2.24, 2.45) is 4.99 Å². The summed E-state index contributed by atoms with van der Waals surface area (Å²) >= 11 is 0. The molecule has 0 saturated carbocycles. The first kappa shape index (κ1) is 31.0. The molecule has 0 aliphatic carbocycles. The summed E-state index contributed by atoms with van der Waals surface area (Å²) in [5, 5.41) is 3.48. The molecule has 4 rings (SSSR count). The van der Waals surface area contributed by atoms with E-state index < -0.39 is 48.6 Å². The molecular formula is C31H36FN3O7. The highest BCUT2D eigenvalue weighted by molar-refractivity contribution is 5.96. The fourth-order valence-electron chi connectivity index (χ4n) is 5.03. The number of ether oxygens (including phenoxy) is 3. The van der Waals surface area contributed by atoms with Crippen molar-refractivity contribution in [3.63, 3.8) is 0 Å². The van der Waals surface area contributed by atoms with E-state index in [1.807, 2.05) is 30.3 Å². The molecule has 1 fully saturated rings. The molecule has 2 heterocycles. The fourth-order valence-corrected chi connectivity index (χ4v) is 5.03. The third kappa shape index (κ3) is 8.09. The minimum atomic E-state index is -2.02. The van der Waals surface area contributed by atoms with Crippen LogP contribution in [-0.4, -0.2) is 60.9 Å². The van der Waals surface area contributed by atoms with E-state index in [1.54, 1.807) is 6.08 Å². The molecule has 1 amide bonds. The number of carbonyl (C=O) groups excluding carboxylic acids is 3. The largest absolute Gasteiger partial charge is 0.456 e. The lowest BCUT2D eigenvalue weighted by Crippen LogP contribution is -2.59. The zero-order chi connectivity index (χ0) is 30.2. The number of rotatable bonds is 11. The van der Waals surface area contributed by atoms with Gasteiger partial charge in [0.15, 0.2) is 18.4 Å². The monoisotopic (exact) mass is 581 g/mol. The highest BCUT2D eigenvalue weighted by Gasteiger charge is 2.50. The maximum absolute atomic E-state index is 15.1. The summed E-state index contributed by atoms with van der Waals surface area (Å²) in [5.74, 6) is -1.75. The van der Waals surface area contributed by atoms with E-state index in [4.69, 9.17) is 19.0 Å². The first-order valence-electron chi connectivity index (χ1n) is 13.8. The molecule has 42 heavy (non-hydrogen) atoms. The molecule has 2 N–H and O–H groups in total.